The first-order valence-corrected chi connectivity index (χ1v) is 14.8. The zero-order valence-corrected chi connectivity index (χ0v) is 24.5. The van der Waals surface area contributed by atoms with Crippen LogP contribution in [0.2, 0.25) is 5.02 Å². The van der Waals surface area contributed by atoms with Crippen LogP contribution >= 0.6 is 11.6 Å². The highest BCUT2D eigenvalue weighted by atomic mass is 35.5. The summed E-state index contributed by atoms with van der Waals surface area (Å²) in [7, 11) is -3.41. The van der Waals surface area contributed by atoms with Crippen LogP contribution in [0.5, 0.6) is 0 Å². The minimum absolute atomic E-state index is 0.131. The molecule has 8 heteroatoms. The summed E-state index contributed by atoms with van der Waals surface area (Å²) < 4.78 is 32.2. The minimum Gasteiger partial charge on any atom is -0.360 e. The fraction of sp³-hybridized carbons (Fsp3) is 0.290. The lowest BCUT2D eigenvalue weighted by atomic mass is 9.87. The molecule has 0 fully saturated rings. The Balaban J connectivity index is 2.04. The van der Waals surface area contributed by atoms with Crippen molar-refractivity contribution in [3.63, 3.8) is 0 Å². The Hall–Kier alpha value is -3.26. The lowest BCUT2D eigenvalue weighted by molar-refractivity contribution is -0.138. The van der Waals surface area contributed by atoms with Crippen molar-refractivity contribution < 1.29 is 17.9 Å². The molecule has 1 atom stereocenters. The maximum absolute atomic E-state index is 13.2. The number of halogens is 1. The lowest BCUT2D eigenvalue weighted by Crippen LogP contribution is -2.27. The van der Waals surface area contributed by atoms with Gasteiger partial charge < -0.3 is 9.30 Å². The van der Waals surface area contributed by atoms with E-state index in [4.69, 9.17) is 16.3 Å². The Labute approximate surface area is 234 Å². The number of Topliss-reactive ketones (excluding diaryl/α,β-unsaturated/α-hetero) is 1. The number of benzene rings is 3. The van der Waals surface area contributed by atoms with Crippen molar-refractivity contribution in [3.8, 4) is 11.1 Å². The molecule has 4 rings (SSSR count). The van der Waals surface area contributed by atoms with Gasteiger partial charge >= 0.3 is 0 Å². The molecule has 0 spiro atoms. The van der Waals surface area contributed by atoms with Crippen LogP contribution in [0.4, 0.5) is 0 Å². The second-order valence-electron chi connectivity index (χ2n) is 10.8. The Morgan fingerprint density at radius 1 is 1.03 bits per heavy atom. The number of rotatable bonds is 7. The number of ketones is 1. The maximum Gasteiger partial charge on any atom is 0.251 e. The molecule has 6 nitrogen and oxygen atoms in total. The van der Waals surface area contributed by atoms with Gasteiger partial charge in [-0.2, -0.15) is 0 Å². The van der Waals surface area contributed by atoms with Crippen LogP contribution in [-0.4, -0.2) is 30.6 Å². The molecule has 39 heavy (non-hydrogen) atoms. The quantitative estimate of drug-likeness (QED) is 0.254. The SMILES string of the molecule is CC(=O)C(OC(C)(C)C)c1c(C)cc2c(ccc(=O)n2Cc2cccc(S(C)(=O)=O)c2)c1-c1ccc(Cl)cc1. The average Bonchev–Trinajstić information content (AvgIpc) is 2.83. The first-order chi connectivity index (χ1) is 18.2. The summed E-state index contributed by atoms with van der Waals surface area (Å²) in [5, 5.41) is 1.34. The fourth-order valence-corrected chi connectivity index (χ4v) is 5.59. The number of fused-ring (bicyclic) bond motifs is 1. The molecule has 1 heterocycles. The Morgan fingerprint density at radius 2 is 1.69 bits per heavy atom. The van der Waals surface area contributed by atoms with E-state index in [9.17, 15) is 18.0 Å². The molecule has 0 saturated heterocycles. The molecule has 204 valence electrons. The highest BCUT2D eigenvalue weighted by molar-refractivity contribution is 7.90. The summed E-state index contributed by atoms with van der Waals surface area (Å²) in [5.41, 5.74) is 3.67. The summed E-state index contributed by atoms with van der Waals surface area (Å²) in [6, 6.07) is 19.1. The first kappa shape index (κ1) is 28.7. The van der Waals surface area contributed by atoms with Crippen molar-refractivity contribution in [1.82, 2.24) is 4.57 Å². The van der Waals surface area contributed by atoms with Crippen LogP contribution < -0.4 is 5.56 Å². The van der Waals surface area contributed by atoms with Crippen LogP contribution in [0.25, 0.3) is 22.0 Å². The second-order valence-corrected chi connectivity index (χ2v) is 13.3. The largest absolute Gasteiger partial charge is 0.360 e. The number of aromatic nitrogens is 1. The predicted octanol–water partition coefficient (Wildman–Crippen LogP) is 6.53. The zero-order valence-electron chi connectivity index (χ0n) is 22.9. The van der Waals surface area contributed by atoms with Crippen LogP contribution in [-0.2, 0) is 25.9 Å². The molecule has 0 amide bonds. The van der Waals surface area contributed by atoms with Gasteiger partial charge in [0.15, 0.2) is 15.6 Å². The fourth-order valence-electron chi connectivity index (χ4n) is 4.77. The number of pyridine rings is 1. The Bertz CT molecular complexity index is 1730. The van der Waals surface area contributed by atoms with Gasteiger partial charge in [-0.15, -0.1) is 0 Å². The van der Waals surface area contributed by atoms with Crippen LogP contribution in [0.15, 0.2) is 76.4 Å². The van der Waals surface area contributed by atoms with Gasteiger partial charge in [-0.05, 0) is 98.8 Å². The standard InChI is InChI=1S/C31H32ClNO5S/c1-19-16-26-25(14-15-27(35)33(26)18-21-8-7-9-24(17-21)39(6,36)37)29(22-10-12-23(32)13-11-22)28(19)30(20(2)34)38-31(3,4)5/h7-17,30H,18H2,1-6H3. The number of carbonyl (C=O) groups excluding carboxylic acids is 1. The van der Waals surface area contributed by atoms with Gasteiger partial charge in [0.25, 0.3) is 5.56 Å². The average molecular weight is 566 g/mol. The second kappa shape index (κ2) is 10.7. The molecule has 0 aliphatic carbocycles. The van der Waals surface area contributed by atoms with Gasteiger partial charge in [-0.3, -0.25) is 9.59 Å². The summed E-state index contributed by atoms with van der Waals surface area (Å²) in [6.07, 6.45) is 0.330. The highest BCUT2D eigenvalue weighted by Crippen LogP contribution is 2.40. The molecular weight excluding hydrogens is 534 g/mol. The van der Waals surface area contributed by atoms with E-state index in [-0.39, 0.29) is 22.8 Å². The van der Waals surface area contributed by atoms with Crippen molar-refractivity contribution in [2.75, 3.05) is 6.26 Å². The number of ether oxygens (including phenoxy) is 1. The molecule has 0 aliphatic heterocycles. The van der Waals surface area contributed by atoms with Crippen molar-refractivity contribution in [2.45, 2.75) is 57.8 Å². The number of nitrogens with zero attached hydrogens (tertiary/aromatic N) is 1. The van der Waals surface area contributed by atoms with E-state index < -0.39 is 21.5 Å². The lowest BCUT2D eigenvalue weighted by Gasteiger charge is -2.30. The van der Waals surface area contributed by atoms with Crippen molar-refractivity contribution in [3.05, 3.63) is 98.8 Å². The predicted molar refractivity (Wildman–Crippen MR) is 156 cm³/mol. The van der Waals surface area contributed by atoms with E-state index in [0.29, 0.717) is 16.1 Å². The van der Waals surface area contributed by atoms with Gasteiger partial charge in [0.1, 0.15) is 6.10 Å². The monoisotopic (exact) mass is 565 g/mol. The number of hydrogen-bond donors (Lipinski definition) is 0. The van der Waals surface area contributed by atoms with Gasteiger partial charge in [0.2, 0.25) is 0 Å². The van der Waals surface area contributed by atoms with Crippen molar-refractivity contribution >= 4 is 38.1 Å². The van der Waals surface area contributed by atoms with E-state index in [1.165, 1.54) is 19.1 Å². The minimum atomic E-state index is -3.41. The smallest absolute Gasteiger partial charge is 0.251 e. The number of hydrogen-bond acceptors (Lipinski definition) is 5. The van der Waals surface area contributed by atoms with E-state index >= 15 is 0 Å². The normalized spacial score (nSPS) is 13.0. The molecule has 4 aromatic rings. The Morgan fingerprint density at radius 3 is 2.28 bits per heavy atom. The molecule has 0 aliphatic rings. The maximum atomic E-state index is 13.2. The van der Waals surface area contributed by atoms with E-state index in [1.807, 2.05) is 45.9 Å². The summed E-state index contributed by atoms with van der Waals surface area (Å²) >= 11 is 6.20. The van der Waals surface area contributed by atoms with Crippen molar-refractivity contribution in [2.24, 2.45) is 0 Å². The number of aryl methyl sites for hydroxylation is 1. The molecule has 1 aromatic heterocycles. The van der Waals surface area contributed by atoms with Crippen LogP contribution in [0, 0.1) is 6.92 Å². The van der Waals surface area contributed by atoms with Gasteiger partial charge in [-0.1, -0.05) is 35.9 Å². The third-order valence-corrected chi connectivity index (χ3v) is 7.81. The molecule has 3 aromatic carbocycles. The molecule has 0 radical (unpaired) electrons. The summed E-state index contributed by atoms with van der Waals surface area (Å²) in [6.45, 7) is 9.31. The topological polar surface area (TPSA) is 82.4 Å². The molecule has 0 saturated carbocycles. The zero-order chi connectivity index (χ0) is 28.7. The van der Waals surface area contributed by atoms with E-state index in [2.05, 4.69) is 0 Å². The molecular formula is C31H32ClNO5S. The number of sulfone groups is 1. The third kappa shape index (κ3) is 6.32. The summed E-state index contributed by atoms with van der Waals surface area (Å²) in [4.78, 5) is 26.4. The van der Waals surface area contributed by atoms with E-state index in [0.717, 1.165) is 33.9 Å². The van der Waals surface area contributed by atoms with E-state index in [1.54, 1.807) is 41.0 Å². The van der Waals surface area contributed by atoms with Gasteiger partial charge in [0.05, 0.1) is 22.6 Å². The third-order valence-electron chi connectivity index (χ3n) is 6.45. The Kier molecular flexibility index (Phi) is 7.90. The van der Waals surface area contributed by atoms with Gasteiger partial charge in [-0.25, -0.2) is 8.42 Å². The van der Waals surface area contributed by atoms with Crippen LogP contribution in [0.1, 0.15) is 50.5 Å². The first-order valence-electron chi connectivity index (χ1n) is 12.6. The molecule has 0 bridgehead atoms. The van der Waals surface area contributed by atoms with Gasteiger partial charge in [0, 0.05) is 22.7 Å². The summed E-state index contributed by atoms with van der Waals surface area (Å²) in [5.74, 6) is -0.131. The molecule has 1 unspecified atom stereocenters. The van der Waals surface area contributed by atoms with Crippen LogP contribution in [0.3, 0.4) is 0 Å². The number of carbonyl (C=O) groups is 1. The molecule has 0 N–H and O–H groups in total. The van der Waals surface area contributed by atoms with Crippen molar-refractivity contribution in [1.29, 1.82) is 0 Å². The highest BCUT2D eigenvalue weighted by Gasteiger charge is 2.30.